The summed E-state index contributed by atoms with van der Waals surface area (Å²) in [4.78, 5) is 7.10. The van der Waals surface area contributed by atoms with Crippen LogP contribution in [0.25, 0.3) is 0 Å². The standard InChI is InChI=1S/C15H21N3OS/c1-3-9-19-15-13(16)7-8-14(18-15)17-10-12-6-5-11(4-2)20-12/h5-8H,3-4,9-10,16H2,1-2H3,(H,17,18). The van der Waals surface area contributed by atoms with Crippen molar-refractivity contribution in [2.45, 2.75) is 33.2 Å². The second kappa shape index (κ2) is 7.14. The largest absolute Gasteiger partial charge is 0.476 e. The molecule has 0 aromatic carbocycles. The molecule has 0 aliphatic rings. The number of rotatable bonds is 7. The normalized spacial score (nSPS) is 10.5. The first-order valence-corrected chi connectivity index (χ1v) is 7.75. The van der Waals surface area contributed by atoms with Crippen molar-refractivity contribution in [1.82, 2.24) is 4.98 Å². The van der Waals surface area contributed by atoms with E-state index in [9.17, 15) is 0 Å². The Morgan fingerprint density at radius 1 is 1.20 bits per heavy atom. The molecule has 5 heteroatoms. The molecule has 2 rings (SSSR count). The summed E-state index contributed by atoms with van der Waals surface area (Å²) in [5.41, 5.74) is 6.42. The summed E-state index contributed by atoms with van der Waals surface area (Å²) in [5.74, 6) is 1.30. The molecule has 0 unspecified atom stereocenters. The van der Waals surface area contributed by atoms with E-state index in [-0.39, 0.29) is 0 Å². The lowest BCUT2D eigenvalue weighted by atomic mass is 10.3. The number of ether oxygens (including phenoxy) is 1. The molecule has 0 spiro atoms. The number of nitrogen functional groups attached to an aromatic ring is 1. The Balaban J connectivity index is 1.98. The number of hydrogen-bond donors (Lipinski definition) is 2. The van der Waals surface area contributed by atoms with Crippen LogP contribution < -0.4 is 15.8 Å². The van der Waals surface area contributed by atoms with Crippen LogP contribution in [0.5, 0.6) is 5.88 Å². The van der Waals surface area contributed by atoms with Crippen molar-refractivity contribution in [2.24, 2.45) is 0 Å². The zero-order valence-electron chi connectivity index (χ0n) is 12.0. The third-order valence-corrected chi connectivity index (χ3v) is 4.07. The summed E-state index contributed by atoms with van der Waals surface area (Å²) in [6.07, 6.45) is 2.02. The van der Waals surface area contributed by atoms with E-state index in [2.05, 4.69) is 36.3 Å². The minimum atomic E-state index is 0.511. The lowest BCUT2D eigenvalue weighted by Gasteiger charge is -2.09. The van der Waals surface area contributed by atoms with Gasteiger partial charge in [0, 0.05) is 9.75 Å². The van der Waals surface area contributed by atoms with Crippen LogP contribution in [0.2, 0.25) is 0 Å². The van der Waals surface area contributed by atoms with Gasteiger partial charge in [0.15, 0.2) is 0 Å². The number of pyridine rings is 1. The minimum absolute atomic E-state index is 0.511. The number of aromatic nitrogens is 1. The summed E-state index contributed by atoms with van der Waals surface area (Å²) in [7, 11) is 0. The Morgan fingerprint density at radius 3 is 2.70 bits per heavy atom. The number of nitrogens with one attached hydrogen (secondary N) is 1. The van der Waals surface area contributed by atoms with E-state index in [4.69, 9.17) is 10.5 Å². The molecule has 20 heavy (non-hydrogen) atoms. The van der Waals surface area contributed by atoms with Crippen LogP contribution >= 0.6 is 11.3 Å². The molecule has 3 N–H and O–H groups in total. The molecule has 0 bridgehead atoms. The first-order valence-electron chi connectivity index (χ1n) is 6.93. The third kappa shape index (κ3) is 3.87. The molecule has 0 radical (unpaired) electrons. The van der Waals surface area contributed by atoms with Gasteiger partial charge < -0.3 is 15.8 Å². The molecule has 0 amide bonds. The SMILES string of the molecule is CCCOc1nc(NCc2ccc(CC)s2)ccc1N. The first kappa shape index (κ1) is 14.7. The molecule has 0 atom stereocenters. The van der Waals surface area contributed by atoms with E-state index in [1.165, 1.54) is 9.75 Å². The minimum Gasteiger partial charge on any atom is -0.476 e. The molecule has 108 valence electrons. The zero-order valence-corrected chi connectivity index (χ0v) is 12.8. The van der Waals surface area contributed by atoms with Gasteiger partial charge in [0.25, 0.3) is 0 Å². The van der Waals surface area contributed by atoms with E-state index in [0.29, 0.717) is 18.2 Å². The summed E-state index contributed by atoms with van der Waals surface area (Å²) in [6.45, 7) is 5.63. The second-order valence-corrected chi connectivity index (χ2v) is 5.77. The molecule has 0 aliphatic carbocycles. The van der Waals surface area contributed by atoms with E-state index in [1.54, 1.807) is 0 Å². The predicted octanol–water partition coefficient (Wildman–Crippen LogP) is 3.69. The summed E-state index contributed by atoms with van der Waals surface area (Å²) >= 11 is 1.83. The fourth-order valence-electron chi connectivity index (χ4n) is 1.75. The van der Waals surface area contributed by atoms with E-state index >= 15 is 0 Å². The van der Waals surface area contributed by atoms with E-state index in [0.717, 1.165) is 25.2 Å². The van der Waals surface area contributed by atoms with Crippen LogP contribution in [0.1, 0.15) is 30.0 Å². The number of nitrogens with zero attached hydrogens (tertiary/aromatic N) is 1. The molecule has 2 heterocycles. The van der Waals surface area contributed by atoms with Crippen molar-refractivity contribution < 1.29 is 4.74 Å². The van der Waals surface area contributed by atoms with Gasteiger partial charge in [-0.25, -0.2) is 0 Å². The molecular formula is C15H21N3OS. The molecule has 0 fully saturated rings. The molecule has 4 nitrogen and oxygen atoms in total. The Morgan fingerprint density at radius 2 is 2.00 bits per heavy atom. The molecular weight excluding hydrogens is 270 g/mol. The highest BCUT2D eigenvalue weighted by molar-refractivity contribution is 7.12. The second-order valence-electron chi connectivity index (χ2n) is 4.51. The fourth-order valence-corrected chi connectivity index (χ4v) is 2.65. The van der Waals surface area contributed by atoms with Crippen LogP contribution in [0, 0.1) is 0 Å². The number of nitrogens with two attached hydrogens (primary N) is 1. The van der Waals surface area contributed by atoms with Crippen molar-refractivity contribution in [1.29, 1.82) is 0 Å². The van der Waals surface area contributed by atoms with Crippen LogP contribution in [-0.4, -0.2) is 11.6 Å². The lowest BCUT2D eigenvalue weighted by molar-refractivity contribution is 0.307. The van der Waals surface area contributed by atoms with E-state index in [1.807, 2.05) is 23.5 Å². The Kier molecular flexibility index (Phi) is 5.24. The third-order valence-electron chi connectivity index (χ3n) is 2.84. The van der Waals surface area contributed by atoms with Gasteiger partial charge in [-0.3, -0.25) is 0 Å². The number of aryl methyl sites for hydroxylation is 1. The molecule has 2 aromatic rings. The van der Waals surface area contributed by atoms with Crippen LogP contribution in [-0.2, 0) is 13.0 Å². The average molecular weight is 291 g/mol. The maximum absolute atomic E-state index is 5.85. The van der Waals surface area contributed by atoms with Gasteiger partial charge in [-0.1, -0.05) is 13.8 Å². The highest BCUT2D eigenvalue weighted by atomic mass is 32.1. The first-order chi connectivity index (χ1) is 9.72. The Hall–Kier alpha value is -1.75. The van der Waals surface area contributed by atoms with Crippen molar-refractivity contribution >= 4 is 22.8 Å². The summed E-state index contributed by atoms with van der Waals surface area (Å²) in [5, 5.41) is 3.31. The molecule has 0 aliphatic heterocycles. The van der Waals surface area contributed by atoms with Crippen LogP contribution in [0.15, 0.2) is 24.3 Å². The number of thiophene rings is 1. The quantitative estimate of drug-likeness (QED) is 0.817. The summed E-state index contributed by atoms with van der Waals surface area (Å²) in [6, 6.07) is 8.03. The molecule has 0 saturated carbocycles. The molecule has 2 aromatic heterocycles. The number of anilines is 2. The predicted molar refractivity (Wildman–Crippen MR) is 85.5 cm³/mol. The van der Waals surface area contributed by atoms with Crippen molar-refractivity contribution in [3.05, 3.63) is 34.0 Å². The Bertz CT molecular complexity index is 554. The number of hydrogen-bond acceptors (Lipinski definition) is 5. The van der Waals surface area contributed by atoms with E-state index < -0.39 is 0 Å². The van der Waals surface area contributed by atoms with Crippen molar-refractivity contribution in [3.8, 4) is 5.88 Å². The monoisotopic (exact) mass is 291 g/mol. The maximum Gasteiger partial charge on any atom is 0.239 e. The smallest absolute Gasteiger partial charge is 0.239 e. The van der Waals surface area contributed by atoms with Gasteiger partial charge in [0.05, 0.1) is 18.8 Å². The van der Waals surface area contributed by atoms with Gasteiger partial charge >= 0.3 is 0 Å². The molecule has 0 saturated heterocycles. The van der Waals surface area contributed by atoms with Gasteiger partial charge in [0.1, 0.15) is 5.82 Å². The highest BCUT2D eigenvalue weighted by Gasteiger charge is 2.05. The van der Waals surface area contributed by atoms with Gasteiger partial charge in [-0.15, -0.1) is 11.3 Å². The van der Waals surface area contributed by atoms with Crippen LogP contribution in [0.3, 0.4) is 0 Å². The van der Waals surface area contributed by atoms with Crippen LogP contribution in [0.4, 0.5) is 11.5 Å². The maximum atomic E-state index is 5.85. The Labute approximate surface area is 124 Å². The topological polar surface area (TPSA) is 60.2 Å². The van der Waals surface area contributed by atoms with Gasteiger partial charge in [0.2, 0.25) is 5.88 Å². The zero-order chi connectivity index (χ0) is 14.4. The lowest BCUT2D eigenvalue weighted by Crippen LogP contribution is -2.05. The fraction of sp³-hybridized carbons (Fsp3) is 0.400. The average Bonchev–Trinajstić information content (AvgIpc) is 2.93. The van der Waals surface area contributed by atoms with Gasteiger partial charge in [-0.2, -0.15) is 4.98 Å². The van der Waals surface area contributed by atoms with Crippen molar-refractivity contribution in [3.63, 3.8) is 0 Å². The highest BCUT2D eigenvalue weighted by Crippen LogP contribution is 2.22. The van der Waals surface area contributed by atoms with Crippen molar-refractivity contribution in [2.75, 3.05) is 17.7 Å². The van der Waals surface area contributed by atoms with Gasteiger partial charge in [-0.05, 0) is 37.1 Å². The summed E-state index contributed by atoms with van der Waals surface area (Å²) < 4.78 is 5.53.